The van der Waals surface area contributed by atoms with Gasteiger partial charge in [-0.15, -0.1) is 0 Å². The molecule has 0 N–H and O–H groups in total. The molecule has 1 unspecified atom stereocenters. The first-order chi connectivity index (χ1) is 17.7. The molecule has 0 aliphatic carbocycles. The maximum atomic E-state index is 13.5. The molecule has 0 bridgehead atoms. The molecule has 3 aliphatic heterocycles. The lowest BCUT2D eigenvalue weighted by molar-refractivity contribution is -0.200. The fourth-order valence-corrected chi connectivity index (χ4v) is 5.34. The topological polar surface area (TPSA) is 56.3 Å². The van der Waals surface area contributed by atoms with Crippen LogP contribution in [-0.4, -0.2) is 91.3 Å². The molecule has 38 heavy (non-hydrogen) atoms. The van der Waals surface area contributed by atoms with Gasteiger partial charge in [0.2, 0.25) is 5.91 Å². The smallest absolute Gasteiger partial charge is 0.425 e. The van der Waals surface area contributed by atoms with E-state index in [0.29, 0.717) is 51.5 Å². The summed E-state index contributed by atoms with van der Waals surface area (Å²) in [6, 6.07) is 3.72. The van der Waals surface area contributed by atoms with Gasteiger partial charge in [-0.2, -0.15) is 26.3 Å². The number of carbonyl (C=O) groups excluding carboxylic acids is 2. The molecule has 3 saturated heterocycles. The van der Waals surface area contributed by atoms with E-state index in [-0.39, 0.29) is 24.4 Å². The van der Waals surface area contributed by atoms with Crippen LogP contribution >= 0.6 is 0 Å². The van der Waals surface area contributed by atoms with Crippen LogP contribution in [0.25, 0.3) is 0 Å². The Morgan fingerprint density at radius 2 is 1.55 bits per heavy atom. The highest BCUT2D eigenvalue weighted by Gasteiger charge is 2.46. The van der Waals surface area contributed by atoms with Gasteiger partial charge in [-0.25, -0.2) is 4.79 Å². The van der Waals surface area contributed by atoms with Gasteiger partial charge in [0, 0.05) is 76.9 Å². The second-order valence-electron chi connectivity index (χ2n) is 10.5. The summed E-state index contributed by atoms with van der Waals surface area (Å²) in [5.41, 5.74) is 0.489. The number of halogens is 6. The molecule has 1 aromatic rings. The molecule has 1 atom stereocenters. The van der Waals surface area contributed by atoms with Crippen molar-refractivity contribution in [1.29, 1.82) is 0 Å². The Kier molecular flexibility index (Phi) is 7.79. The summed E-state index contributed by atoms with van der Waals surface area (Å²) >= 11 is 0. The van der Waals surface area contributed by atoms with E-state index in [1.807, 2.05) is 9.80 Å². The van der Waals surface area contributed by atoms with Crippen LogP contribution in [0.4, 0.5) is 36.8 Å². The summed E-state index contributed by atoms with van der Waals surface area (Å²) in [6.45, 7) is 6.17. The molecule has 3 fully saturated rings. The zero-order chi connectivity index (χ0) is 27.9. The van der Waals surface area contributed by atoms with Gasteiger partial charge in [0.1, 0.15) is 0 Å². The normalized spacial score (nSPS) is 21.3. The minimum atomic E-state index is -4.64. The molecule has 0 radical (unpaired) electrons. The van der Waals surface area contributed by atoms with Gasteiger partial charge in [-0.1, -0.05) is 6.07 Å². The van der Waals surface area contributed by atoms with Gasteiger partial charge in [0.05, 0.1) is 5.56 Å². The summed E-state index contributed by atoms with van der Waals surface area (Å²) in [5, 5.41) is 0. The Balaban J connectivity index is 1.39. The number of alkyl halides is 6. The van der Waals surface area contributed by atoms with E-state index < -0.39 is 30.1 Å². The lowest BCUT2D eigenvalue weighted by Gasteiger charge is -2.55. The number of amides is 2. The Labute approximate surface area is 217 Å². The van der Waals surface area contributed by atoms with Crippen LogP contribution in [0.15, 0.2) is 18.2 Å². The van der Waals surface area contributed by atoms with Gasteiger partial charge < -0.3 is 19.4 Å². The third kappa shape index (κ3) is 6.29. The number of hydrogen-bond donors (Lipinski definition) is 0. The molecule has 3 heterocycles. The van der Waals surface area contributed by atoms with Crippen LogP contribution in [0, 0.1) is 5.41 Å². The third-order valence-electron chi connectivity index (χ3n) is 7.84. The third-order valence-corrected chi connectivity index (χ3v) is 7.84. The van der Waals surface area contributed by atoms with Gasteiger partial charge in [-0.05, 0) is 37.5 Å². The highest BCUT2D eigenvalue weighted by Crippen LogP contribution is 2.45. The van der Waals surface area contributed by atoms with E-state index in [9.17, 15) is 35.9 Å². The molecular weight excluding hydrogens is 518 g/mol. The molecule has 7 nitrogen and oxygen atoms in total. The van der Waals surface area contributed by atoms with Crippen molar-refractivity contribution in [2.75, 3.05) is 57.3 Å². The Morgan fingerprint density at radius 1 is 0.947 bits per heavy atom. The molecule has 212 valence electrons. The summed E-state index contributed by atoms with van der Waals surface area (Å²) in [6.07, 6.45) is -10.8. The van der Waals surface area contributed by atoms with Gasteiger partial charge in [0.25, 0.3) is 0 Å². The van der Waals surface area contributed by atoms with E-state index in [0.717, 1.165) is 31.4 Å². The lowest BCUT2D eigenvalue weighted by Crippen LogP contribution is -2.61. The number of ether oxygens (including phenoxy) is 1. The molecule has 2 amide bonds. The quantitative estimate of drug-likeness (QED) is 0.522. The van der Waals surface area contributed by atoms with Crippen LogP contribution in [0.1, 0.15) is 37.8 Å². The Bertz CT molecular complexity index is 1020. The molecule has 13 heteroatoms. The second kappa shape index (κ2) is 10.5. The van der Waals surface area contributed by atoms with Crippen molar-refractivity contribution in [3.8, 4) is 0 Å². The number of carbonyl (C=O) groups is 2. The predicted octanol–water partition coefficient (Wildman–Crippen LogP) is 4.36. The van der Waals surface area contributed by atoms with Gasteiger partial charge in [0.15, 0.2) is 6.10 Å². The fourth-order valence-electron chi connectivity index (χ4n) is 5.34. The van der Waals surface area contributed by atoms with Crippen LogP contribution < -0.4 is 4.90 Å². The molecule has 3 aliphatic rings. The number of hydrogen-bond acceptors (Lipinski definition) is 5. The number of piperazine rings is 1. The van der Waals surface area contributed by atoms with E-state index in [2.05, 4.69) is 4.74 Å². The monoisotopic (exact) mass is 550 g/mol. The van der Waals surface area contributed by atoms with Crippen molar-refractivity contribution in [2.24, 2.45) is 5.41 Å². The van der Waals surface area contributed by atoms with Crippen molar-refractivity contribution in [3.05, 3.63) is 29.3 Å². The average molecular weight is 551 g/mol. The first-order valence-corrected chi connectivity index (χ1v) is 12.6. The highest BCUT2D eigenvalue weighted by atomic mass is 19.4. The van der Waals surface area contributed by atoms with Crippen molar-refractivity contribution in [1.82, 2.24) is 14.7 Å². The largest absolute Gasteiger partial charge is 0.437 e. The molecule has 4 rings (SSSR count). The highest BCUT2D eigenvalue weighted by molar-refractivity contribution is 5.73. The van der Waals surface area contributed by atoms with Crippen molar-refractivity contribution >= 4 is 17.7 Å². The maximum Gasteiger partial charge on any atom is 0.425 e. The number of likely N-dealkylation sites (tertiary alicyclic amines) is 1. The number of nitrogens with zero attached hydrogens (tertiary/aromatic N) is 4. The first-order valence-electron chi connectivity index (χ1n) is 12.6. The summed E-state index contributed by atoms with van der Waals surface area (Å²) in [4.78, 5) is 30.7. The average Bonchev–Trinajstić information content (AvgIpc) is 2.82. The fraction of sp³-hybridized carbons (Fsp3) is 0.680. The zero-order valence-corrected chi connectivity index (χ0v) is 21.4. The van der Waals surface area contributed by atoms with Crippen LogP contribution in [0.3, 0.4) is 0 Å². The SMILES string of the molecule is CC(=O)N1CCC2(CC1)CN(c1cc(C(F)(F)F)ccc1CN1CCN(C(=O)OC(C)C(F)(F)F)CC1)C2. The number of rotatable bonds is 4. The van der Waals surface area contributed by atoms with Crippen LogP contribution in [0.5, 0.6) is 0 Å². The summed E-state index contributed by atoms with van der Waals surface area (Å²) in [7, 11) is 0. The second-order valence-corrected chi connectivity index (χ2v) is 10.5. The molecular formula is C25H32F6N4O3. The van der Waals surface area contributed by atoms with E-state index in [1.54, 1.807) is 4.90 Å². The molecule has 1 aromatic carbocycles. The van der Waals surface area contributed by atoms with Gasteiger partial charge in [-0.3, -0.25) is 9.69 Å². The number of benzene rings is 1. The minimum Gasteiger partial charge on any atom is -0.437 e. The standard InChI is InChI=1S/C25H32F6N4O3/c1-17(24(26,27)28)38-22(37)34-11-9-32(10-12-34)14-19-3-4-20(25(29,30)31)13-21(19)35-15-23(16-35)5-7-33(8-6-23)18(2)36/h3-4,13,17H,5-12,14-16H2,1-2H3. The van der Waals surface area contributed by atoms with E-state index in [1.165, 1.54) is 24.0 Å². The van der Waals surface area contributed by atoms with E-state index >= 15 is 0 Å². The molecule has 1 spiro atoms. The van der Waals surface area contributed by atoms with Crippen LogP contribution in [0.2, 0.25) is 0 Å². The predicted molar refractivity (Wildman–Crippen MR) is 126 cm³/mol. The van der Waals surface area contributed by atoms with E-state index in [4.69, 9.17) is 0 Å². The summed E-state index contributed by atoms with van der Waals surface area (Å²) in [5.74, 6) is 0.0272. The van der Waals surface area contributed by atoms with Crippen LogP contribution in [-0.2, 0) is 22.3 Å². The lowest BCUT2D eigenvalue weighted by atomic mass is 9.71. The Hall–Kier alpha value is -2.70. The molecule has 0 aromatic heterocycles. The van der Waals surface area contributed by atoms with Crippen molar-refractivity contribution in [3.63, 3.8) is 0 Å². The first kappa shape index (κ1) is 28.3. The maximum absolute atomic E-state index is 13.5. The minimum absolute atomic E-state index is 0.0169. The number of anilines is 1. The zero-order valence-electron chi connectivity index (χ0n) is 21.4. The number of piperidine rings is 1. The van der Waals surface area contributed by atoms with Crippen molar-refractivity contribution < 1.29 is 40.7 Å². The summed E-state index contributed by atoms with van der Waals surface area (Å²) < 4.78 is 83.1. The molecule has 0 saturated carbocycles. The van der Waals surface area contributed by atoms with Crippen molar-refractivity contribution in [2.45, 2.75) is 51.7 Å². The van der Waals surface area contributed by atoms with Gasteiger partial charge >= 0.3 is 18.4 Å². The Morgan fingerprint density at radius 3 is 2.08 bits per heavy atom.